The fourth-order valence-electron chi connectivity index (χ4n) is 2.38. The first-order valence-corrected chi connectivity index (χ1v) is 9.14. The lowest BCUT2D eigenvalue weighted by molar-refractivity contribution is -0.123. The Morgan fingerprint density at radius 3 is 2.35 bits per heavy atom. The summed E-state index contributed by atoms with van der Waals surface area (Å²) in [5.74, 6) is -0.704. The second-order valence-corrected chi connectivity index (χ2v) is 7.30. The van der Waals surface area contributed by atoms with Gasteiger partial charge in [0.25, 0.3) is 11.8 Å². The van der Waals surface area contributed by atoms with E-state index in [2.05, 4.69) is 5.43 Å². The maximum atomic E-state index is 12.6. The van der Waals surface area contributed by atoms with E-state index in [1.165, 1.54) is 11.8 Å². The van der Waals surface area contributed by atoms with Crippen LogP contribution in [0, 0.1) is 0 Å². The number of hydrazine groups is 1. The summed E-state index contributed by atoms with van der Waals surface area (Å²) in [5, 5.41) is 1.12. The third kappa shape index (κ3) is 4.28. The zero-order valence-corrected chi connectivity index (χ0v) is 15.6. The molecule has 2 aromatic rings. The van der Waals surface area contributed by atoms with Crippen LogP contribution in [-0.2, 0) is 4.79 Å². The van der Waals surface area contributed by atoms with Crippen molar-refractivity contribution in [3.63, 3.8) is 0 Å². The van der Waals surface area contributed by atoms with Crippen molar-refractivity contribution >= 4 is 46.2 Å². The average Bonchev–Trinajstić information content (AvgIpc) is 2.90. The van der Waals surface area contributed by atoms with Crippen LogP contribution < -0.4 is 5.43 Å². The molecule has 1 fully saturated rings. The van der Waals surface area contributed by atoms with Crippen molar-refractivity contribution in [2.45, 2.75) is 6.92 Å². The Kier molecular flexibility index (Phi) is 5.65. The van der Waals surface area contributed by atoms with Crippen LogP contribution in [0.25, 0.3) is 6.08 Å². The van der Waals surface area contributed by atoms with E-state index in [9.17, 15) is 9.59 Å². The average molecular weight is 380 g/mol. The van der Waals surface area contributed by atoms with Crippen LogP contribution in [0.1, 0.15) is 22.8 Å². The molecule has 2 aromatic carbocycles. The Bertz CT molecular complexity index is 906. The van der Waals surface area contributed by atoms with Gasteiger partial charge in [0.1, 0.15) is 0 Å². The highest BCUT2D eigenvalue weighted by atomic mass is 32.2. The van der Waals surface area contributed by atoms with Crippen molar-refractivity contribution in [1.82, 2.24) is 10.4 Å². The first-order chi connectivity index (χ1) is 12.5. The number of hydrogen-bond acceptors (Lipinski definition) is 4. The summed E-state index contributed by atoms with van der Waals surface area (Å²) in [4.78, 5) is 25.3. The van der Waals surface area contributed by atoms with E-state index in [0.717, 1.165) is 16.1 Å². The van der Waals surface area contributed by atoms with Gasteiger partial charge < -0.3 is 0 Å². The quantitative estimate of drug-likeness (QED) is 0.639. The highest BCUT2D eigenvalue weighted by Gasteiger charge is 2.33. The Morgan fingerprint density at radius 2 is 1.69 bits per heavy atom. The standard InChI is InChI=1S/C20H16N2O2S2/c1-14(12-15-8-4-2-5-9-15)13-17-19(24)22(20(25)26-17)21-18(23)16-10-6-3-7-11-16/h2-13H,1H3,(H,21,23)/b14-12?,17-13-. The summed E-state index contributed by atoms with van der Waals surface area (Å²) < 4.78 is 0.304. The number of thiocarbonyl (C=S) groups is 1. The van der Waals surface area contributed by atoms with Gasteiger partial charge in [0.15, 0.2) is 4.32 Å². The van der Waals surface area contributed by atoms with Gasteiger partial charge in [0.05, 0.1) is 4.91 Å². The zero-order valence-electron chi connectivity index (χ0n) is 14.0. The Labute approximate surface area is 161 Å². The van der Waals surface area contributed by atoms with Crippen molar-refractivity contribution in [3.8, 4) is 0 Å². The van der Waals surface area contributed by atoms with Gasteiger partial charge in [-0.2, -0.15) is 5.01 Å². The van der Waals surface area contributed by atoms with Crippen molar-refractivity contribution in [2.24, 2.45) is 0 Å². The van der Waals surface area contributed by atoms with E-state index < -0.39 is 0 Å². The number of amides is 2. The SMILES string of the molecule is CC(=Cc1ccccc1)/C=C1\SC(=S)N(NC(=O)c2ccccc2)C1=O. The summed E-state index contributed by atoms with van der Waals surface area (Å²) in [6.45, 7) is 1.92. The van der Waals surface area contributed by atoms with Crippen LogP contribution in [0.5, 0.6) is 0 Å². The molecule has 0 spiro atoms. The minimum absolute atomic E-state index is 0.304. The fraction of sp³-hybridized carbons (Fsp3) is 0.0500. The van der Waals surface area contributed by atoms with E-state index in [0.29, 0.717) is 14.8 Å². The number of benzene rings is 2. The molecule has 26 heavy (non-hydrogen) atoms. The molecule has 0 saturated carbocycles. The third-order valence-corrected chi connectivity index (χ3v) is 4.90. The van der Waals surface area contributed by atoms with E-state index in [-0.39, 0.29) is 11.8 Å². The molecule has 130 valence electrons. The highest BCUT2D eigenvalue weighted by molar-refractivity contribution is 8.26. The molecular formula is C20H16N2O2S2. The monoisotopic (exact) mass is 380 g/mol. The predicted octanol–water partition coefficient (Wildman–Crippen LogP) is 4.18. The van der Waals surface area contributed by atoms with Crippen LogP contribution >= 0.6 is 24.0 Å². The lowest BCUT2D eigenvalue weighted by Crippen LogP contribution is -2.44. The summed E-state index contributed by atoms with van der Waals surface area (Å²) in [6, 6.07) is 18.5. The topological polar surface area (TPSA) is 49.4 Å². The molecule has 2 amide bonds. The molecule has 0 bridgehead atoms. The predicted molar refractivity (Wildman–Crippen MR) is 109 cm³/mol. The second-order valence-electron chi connectivity index (χ2n) is 5.62. The number of carbonyl (C=O) groups is 2. The lowest BCUT2D eigenvalue weighted by Gasteiger charge is -2.15. The smallest absolute Gasteiger partial charge is 0.267 e. The maximum Gasteiger partial charge on any atom is 0.285 e. The van der Waals surface area contributed by atoms with Gasteiger partial charge in [-0.05, 0) is 48.5 Å². The minimum Gasteiger partial charge on any atom is -0.267 e. The van der Waals surface area contributed by atoms with Gasteiger partial charge in [0, 0.05) is 5.56 Å². The molecule has 0 radical (unpaired) electrons. The Morgan fingerprint density at radius 1 is 1.08 bits per heavy atom. The molecule has 0 unspecified atom stereocenters. The molecule has 1 saturated heterocycles. The van der Waals surface area contributed by atoms with E-state index in [1.807, 2.05) is 49.4 Å². The summed E-state index contributed by atoms with van der Waals surface area (Å²) in [6.07, 6.45) is 3.76. The molecule has 6 heteroatoms. The number of allylic oxidation sites excluding steroid dienone is 2. The number of thioether (sulfide) groups is 1. The van der Waals surface area contributed by atoms with Crippen molar-refractivity contribution in [3.05, 3.63) is 88.3 Å². The Hall–Kier alpha value is -2.70. The van der Waals surface area contributed by atoms with Crippen LogP contribution in [0.4, 0.5) is 0 Å². The minimum atomic E-state index is -0.375. The molecule has 0 atom stereocenters. The molecule has 1 aliphatic heterocycles. The first-order valence-electron chi connectivity index (χ1n) is 7.92. The van der Waals surface area contributed by atoms with E-state index in [1.54, 1.807) is 30.3 Å². The van der Waals surface area contributed by atoms with Gasteiger partial charge in [-0.25, -0.2) is 0 Å². The van der Waals surface area contributed by atoms with Gasteiger partial charge in [-0.1, -0.05) is 66.4 Å². The van der Waals surface area contributed by atoms with Gasteiger partial charge >= 0.3 is 0 Å². The molecule has 1 aliphatic rings. The van der Waals surface area contributed by atoms with Gasteiger partial charge in [-0.15, -0.1) is 0 Å². The lowest BCUT2D eigenvalue weighted by atomic mass is 10.1. The fourth-order valence-corrected chi connectivity index (χ4v) is 3.61. The largest absolute Gasteiger partial charge is 0.285 e. The molecule has 1 heterocycles. The van der Waals surface area contributed by atoms with Gasteiger partial charge in [-0.3, -0.25) is 15.0 Å². The normalized spacial score (nSPS) is 16.3. The molecule has 3 rings (SSSR count). The zero-order chi connectivity index (χ0) is 18.5. The number of nitrogens with zero attached hydrogens (tertiary/aromatic N) is 1. The molecule has 4 nitrogen and oxygen atoms in total. The van der Waals surface area contributed by atoms with Crippen LogP contribution in [0.2, 0.25) is 0 Å². The first kappa shape index (κ1) is 18.1. The summed E-state index contributed by atoms with van der Waals surface area (Å²) >= 11 is 6.41. The van der Waals surface area contributed by atoms with Gasteiger partial charge in [0.2, 0.25) is 0 Å². The van der Waals surface area contributed by atoms with Crippen LogP contribution in [0.3, 0.4) is 0 Å². The molecular weight excluding hydrogens is 364 g/mol. The highest BCUT2D eigenvalue weighted by Crippen LogP contribution is 2.31. The van der Waals surface area contributed by atoms with Crippen LogP contribution in [-0.4, -0.2) is 21.1 Å². The number of hydrogen-bond donors (Lipinski definition) is 1. The van der Waals surface area contributed by atoms with Crippen molar-refractivity contribution < 1.29 is 9.59 Å². The molecule has 1 N–H and O–H groups in total. The van der Waals surface area contributed by atoms with E-state index in [4.69, 9.17) is 12.2 Å². The third-order valence-electron chi connectivity index (χ3n) is 3.60. The number of carbonyl (C=O) groups excluding carboxylic acids is 2. The number of rotatable bonds is 4. The molecule has 0 aromatic heterocycles. The maximum absolute atomic E-state index is 12.6. The van der Waals surface area contributed by atoms with Crippen molar-refractivity contribution in [2.75, 3.05) is 0 Å². The second kappa shape index (κ2) is 8.12. The molecule has 0 aliphatic carbocycles. The summed E-state index contributed by atoms with van der Waals surface area (Å²) in [5.41, 5.74) is 5.01. The Balaban J connectivity index is 1.74. The summed E-state index contributed by atoms with van der Waals surface area (Å²) in [7, 11) is 0. The van der Waals surface area contributed by atoms with Crippen molar-refractivity contribution in [1.29, 1.82) is 0 Å². The van der Waals surface area contributed by atoms with Crippen LogP contribution in [0.15, 0.2) is 77.2 Å². The number of nitrogens with one attached hydrogen (secondary N) is 1. The van der Waals surface area contributed by atoms with E-state index >= 15 is 0 Å².